The molecule has 0 bridgehead atoms. The molecule has 0 spiro atoms. The van der Waals surface area contributed by atoms with E-state index < -0.39 is 0 Å². The summed E-state index contributed by atoms with van der Waals surface area (Å²) >= 11 is 0. The van der Waals surface area contributed by atoms with Crippen molar-refractivity contribution in [1.82, 2.24) is 15.0 Å². The van der Waals surface area contributed by atoms with Crippen LogP contribution >= 0.6 is 0 Å². The topological polar surface area (TPSA) is 70.7 Å². The molecule has 16 heavy (non-hydrogen) atoms. The SMILES string of the molecule is O=c1cc(NCCc2ccncc2)nc[nH]1. The second-order valence-electron chi connectivity index (χ2n) is 3.33. The molecule has 2 rings (SSSR count). The highest BCUT2D eigenvalue weighted by atomic mass is 16.1. The number of aromatic nitrogens is 3. The van der Waals surface area contributed by atoms with Gasteiger partial charge in [-0.3, -0.25) is 9.78 Å². The predicted molar refractivity (Wildman–Crippen MR) is 61.3 cm³/mol. The zero-order valence-electron chi connectivity index (χ0n) is 8.68. The van der Waals surface area contributed by atoms with Crippen molar-refractivity contribution in [2.24, 2.45) is 0 Å². The average molecular weight is 216 g/mol. The predicted octanol–water partition coefficient (Wildman–Crippen LogP) is 0.819. The number of nitrogens with zero attached hydrogens (tertiary/aromatic N) is 2. The smallest absolute Gasteiger partial charge is 0.252 e. The fraction of sp³-hybridized carbons (Fsp3) is 0.182. The molecule has 2 aromatic rings. The number of nitrogens with one attached hydrogen (secondary N) is 2. The summed E-state index contributed by atoms with van der Waals surface area (Å²) in [4.78, 5) is 21.4. The summed E-state index contributed by atoms with van der Waals surface area (Å²) in [6.45, 7) is 0.737. The standard InChI is InChI=1S/C11H12N4O/c16-11-7-10(14-8-15-11)13-6-3-9-1-4-12-5-2-9/h1-2,4-5,7-8H,3,6H2,(H2,13,14,15,16). The lowest BCUT2D eigenvalue weighted by molar-refractivity contribution is 0.989. The van der Waals surface area contributed by atoms with Crippen LogP contribution in [0.2, 0.25) is 0 Å². The first-order valence-corrected chi connectivity index (χ1v) is 5.02. The lowest BCUT2D eigenvalue weighted by Crippen LogP contribution is -2.11. The van der Waals surface area contributed by atoms with E-state index in [0.717, 1.165) is 13.0 Å². The zero-order valence-corrected chi connectivity index (χ0v) is 8.68. The quantitative estimate of drug-likeness (QED) is 0.793. The Bertz CT molecular complexity index is 495. The van der Waals surface area contributed by atoms with Crippen molar-refractivity contribution in [1.29, 1.82) is 0 Å². The number of aromatic amines is 1. The first-order valence-electron chi connectivity index (χ1n) is 5.02. The fourth-order valence-corrected chi connectivity index (χ4v) is 1.35. The Morgan fingerprint density at radius 3 is 2.88 bits per heavy atom. The Morgan fingerprint density at radius 1 is 1.31 bits per heavy atom. The summed E-state index contributed by atoms with van der Waals surface area (Å²) in [5.74, 6) is 0.595. The third-order valence-corrected chi connectivity index (χ3v) is 2.15. The van der Waals surface area contributed by atoms with Crippen molar-refractivity contribution in [3.8, 4) is 0 Å². The lowest BCUT2D eigenvalue weighted by Gasteiger charge is -2.04. The molecule has 0 aliphatic carbocycles. The van der Waals surface area contributed by atoms with Crippen LogP contribution in [0.25, 0.3) is 0 Å². The first kappa shape index (κ1) is 10.4. The number of H-pyrrole nitrogens is 1. The van der Waals surface area contributed by atoms with Crippen molar-refractivity contribution in [3.05, 3.63) is 52.8 Å². The third kappa shape index (κ3) is 2.91. The van der Waals surface area contributed by atoms with Gasteiger partial charge in [0.2, 0.25) is 0 Å². The van der Waals surface area contributed by atoms with Crippen LogP contribution in [0.15, 0.2) is 41.7 Å². The highest BCUT2D eigenvalue weighted by molar-refractivity contribution is 5.31. The molecule has 0 saturated carbocycles. The first-order chi connectivity index (χ1) is 7.84. The van der Waals surface area contributed by atoms with Crippen LogP contribution in [0.4, 0.5) is 5.82 Å². The maximum atomic E-state index is 11.0. The maximum absolute atomic E-state index is 11.0. The van der Waals surface area contributed by atoms with Crippen LogP contribution in [-0.4, -0.2) is 21.5 Å². The minimum Gasteiger partial charge on any atom is -0.370 e. The van der Waals surface area contributed by atoms with Crippen LogP contribution in [0.3, 0.4) is 0 Å². The molecule has 5 heteroatoms. The summed E-state index contributed by atoms with van der Waals surface area (Å²) in [5, 5.41) is 3.08. The van der Waals surface area contributed by atoms with Gasteiger partial charge in [-0.05, 0) is 24.1 Å². The van der Waals surface area contributed by atoms with E-state index in [1.165, 1.54) is 18.0 Å². The van der Waals surface area contributed by atoms with E-state index in [2.05, 4.69) is 20.3 Å². The van der Waals surface area contributed by atoms with Crippen LogP contribution < -0.4 is 10.9 Å². The Kier molecular flexibility index (Phi) is 3.28. The second-order valence-corrected chi connectivity index (χ2v) is 3.33. The van der Waals surface area contributed by atoms with Crippen molar-refractivity contribution in [2.45, 2.75) is 6.42 Å². The van der Waals surface area contributed by atoms with E-state index in [9.17, 15) is 4.79 Å². The molecule has 0 aliphatic rings. The van der Waals surface area contributed by atoms with Gasteiger partial charge in [-0.25, -0.2) is 4.98 Å². The van der Waals surface area contributed by atoms with Gasteiger partial charge in [0, 0.05) is 25.0 Å². The molecule has 0 atom stereocenters. The van der Waals surface area contributed by atoms with Gasteiger partial charge < -0.3 is 10.3 Å². The molecule has 2 N–H and O–H groups in total. The number of hydrogen-bond donors (Lipinski definition) is 2. The van der Waals surface area contributed by atoms with E-state index >= 15 is 0 Å². The van der Waals surface area contributed by atoms with Crippen molar-refractivity contribution in [2.75, 3.05) is 11.9 Å². The number of rotatable bonds is 4. The second kappa shape index (κ2) is 5.06. The highest BCUT2D eigenvalue weighted by Gasteiger charge is 1.95. The summed E-state index contributed by atoms with van der Waals surface area (Å²) in [5.41, 5.74) is 1.05. The molecule has 0 saturated heterocycles. The number of pyridine rings is 1. The minimum atomic E-state index is -0.151. The van der Waals surface area contributed by atoms with Gasteiger partial charge in [-0.1, -0.05) is 0 Å². The van der Waals surface area contributed by atoms with Crippen LogP contribution in [0.1, 0.15) is 5.56 Å². The Balaban J connectivity index is 1.87. The molecule has 0 radical (unpaired) electrons. The molecule has 2 aromatic heterocycles. The average Bonchev–Trinajstić information content (AvgIpc) is 2.30. The lowest BCUT2D eigenvalue weighted by atomic mass is 10.2. The molecular weight excluding hydrogens is 204 g/mol. The summed E-state index contributed by atoms with van der Waals surface area (Å²) < 4.78 is 0. The molecular formula is C11H12N4O. The van der Waals surface area contributed by atoms with Crippen LogP contribution in [0, 0.1) is 0 Å². The molecule has 2 heterocycles. The Morgan fingerprint density at radius 2 is 2.12 bits per heavy atom. The van der Waals surface area contributed by atoms with Crippen molar-refractivity contribution >= 4 is 5.82 Å². The molecule has 0 unspecified atom stereocenters. The van der Waals surface area contributed by atoms with Crippen LogP contribution in [0.5, 0.6) is 0 Å². The molecule has 82 valence electrons. The summed E-state index contributed by atoms with van der Waals surface area (Å²) in [7, 11) is 0. The summed E-state index contributed by atoms with van der Waals surface area (Å²) in [6.07, 6.45) is 5.79. The van der Waals surface area contributed by atoms with Crippen molar-refractivity contribution in [3.63, 3.8) is 0 Å². The summed E-state index contributed by atoms with van der Waals surface area (Å²) in [6, 6.07) is 5.37. The van der Waals surface area contributed by atoms with Crippen molar-refractivity contribution < 1.29 is 0 Å². The molecule has 5 nitrogen and oxygen atoms in total. The van der Waals surface area contributed by atoms with Gasteiger partial charge in [-0.2, -0.15) is 0 Å². The zero-order chi connectivity index (χ0) is 11.2. The Labute approximate surface area is 92.6 Å². The fourth-order valence-electron chi connectivity index (χ4n) is 1.35. The third-order valence-electron chi connectivity index (χ3n) is 2.15. The van der Waals surface area contributed by atoms with Crippen LogP contribution in [-0.2, 0) is 6.42 Å². The molecule has 0 fully saturated rings. The maximum Gasteiger partial charge on any atom is 0.252 e. The van der Waals surface area contributed by atoms with Gasteiger partial charge in [0.1, 0.15) is 5.82 Å². The number of hydrogen-bond acceptors (Lipinski definition) is 4. The van der Waals surface area contributed by atoms with Gasteiger partial charge in [0.05, 0.1) is 6.33 Å². The van der Waals surface area contributed by atoms with E-state index in [-0.39, 0.29) is 5.56 Å². The number of anilines is 1. The van der Waals surface area contributed by atoms with Gasteiger partial charge >= 0.3 is 0 Å². The monoisotopic (exact) mass is 216 g/mol. The molecule has 0 aliphatic heterocycles. The minimum absolute atomic E-state index is 0.151. The van der Waals surface area contributed by atoms with E-state index in [1.807, 2.05) is 12.1 Å². The van der Waals surface area contributed by atoms with E-state index in [0.29, 0.717) is 5.82 Å². The van der Waals surface area contributed by atoms with Gasteiger partial charge in [-0.15, -0.1) is 0 Å². The van der Waals surface area contributed by atoms with E-state index in [1.54, 1.807) is 12.4 Å². The van der Waals surface area contributed by atoms with Gasteiger partial charge in [0.15, 0.2) is 0 Å². The normalized spacial score (nSPS) is 10.0. The van der Waals surface area contributed by atoms with Gasteiger partial charge in [0.25, 0.3) is 5.56 Å². The molecule has 0 amide bonds. The highest BCUT2D eigenvalue weighted by Crippen LogP contribution is 1.99. The Hall–Kier alpha value is -2.17. The largest absolute Gasteiger partial charge is 0.370 e. The van der Waals surface area contributed by atoms with E-state index in [4.69, 9.17) is 0 Å². The molecule has 0 aromatic carbocycles.